The molecule has 0 fully saturated rings. The van der Waals surface area contributed by atoms with Crippen LogP contribution in [0.5, 0.6) is 5.75 Å². The lowest BCUT2D eigenvalue weighted by Gasteiger charge is -2.42. The molecule has 30 heavy (non-hydrogen) atoms. The van der Waals surface area contributed by atoms with Gasteiger partial charge in [-0.3, -0.25) is 4.90 Å². The van der Waals surface area contributed by atoms with E-state index in [2.05, 4.69) is 67.0 Å². The molecule has 156 valence electrons. The number of halogens is 1. The van der Waals surface area contributed by atoms with Gasteiger partial charge in [-0.05, 0) is 78.8 Å². The highest BCUT2D eigenvalue weighted by Crippen LogP contribution is 2.49. The molecule has 2 nitrogen and oxygen atoms in total. The molecule has 1 aliphatic heterocycles. The van der Waals surface area contributed by atoms with E-state index >= 15 is 0 Å². The Kier molecular flexibility index (Phi) is 6.46. The van der Waals surface area contributed by atoms with Crippen molar-refractivity contribution in [2.75, 3.05) is 19.7 Å². The molecule has 2 aliphatic rings. The molecule has 3 heteroatoms. The zero-order chi connectivity index (χ0) is 21.0. The highest BCUT2D eigenvalue weighted by Gasteiger charge is 2.47. The Balaban J connectivity index is 1.77. The van der Waals surface area contributed by atoms with E-state index in [1.807, 2.05) is 12.1 Å². The van der Waals surface area contributed by atoms with Crippen LogP contribution in [0.15, 0.2) is 84.5 Å². The second-order valence-electron chi connectivity index (χ2n) is 8.15. The Morgan fingerprint density at radius 1 is 1.13 bits per heavy atom. The average molecular weight is 420 g/mol. The maximum atomic E-state index is 6.26. The van der Waals surface area contributed by atoms with Gasteiger partial charge in [-0.15, -0.1) is 0 Å². The lowest BCUT2D eigenvalue weighted by atomic mass is 9.74. The van der Waals surface area contributed by atoms with E-state index in [-0.39, 0.29) is 5.54 Å². The molecule has 2 aromatic rings. The van der Waals surface area contributed by atoms with E-state index in [9.17, 15) is 0 Å². The van der Waals surface area contributed by atoms with Crippen LogP contribution in [0, 0.1) is 0 Å². The Bertz CT molecular complexity index is 942. The molecule has 2 aromatic carbocycles. The molecule has 0 bridgehead atoms. The van der Waals surface area contributed by atoms with Crippen molar-refractivity contribution in [3.8, 4) is 5.75 Å². The standard InChI is InChI=1S/C27H30ClNO/c1-3-17-29-20-22-7-5-6-8-26(22)27(29,23-11-13-24(28)14-12-23)19-21-9-15-25(16-10-21)30-18-4-2/h4-5,7,9-16H,2-3,6,8,17-20H2,1H3. The van der Waals surface area contributed by atoms with Gasteiger partial charge in [0.25, 0.3) is 0 Å². The summed E-state index contributed by atoms with van der Waals surface area (Å²) in [5.74, 6) is 0.886. The largest absolute Gasteiger partial charge is 0.490 e. The van der Waals surface area contributed by atoms with Gasteiger partial charge in [0.2, 0.25) is 0 Å². The first-order valence-corrected chi connectivity index (χ1v) is 11.3. The first-order chi connectivity index (χ1) is 14.7. The molecule has 1 aliphatic carbocycles. The number of benzene rings is 2. The minimum absolute atomic E-state index is 0.121. The summed E-state index contributed by atoms with van der Waals surface area (Å²) in [6.45, 7) is 8.61. The molecule has 0 saturated carbocycles. The number of hydrogen-bond donors (Lipinski definition) is 0. The minimum atomic E-state index is -0.121. The molecule has 0 aromatic heterocycles. The van der Waals surface area contributed by atoms with E-state index in [1.54, 1.807) is 11.6 Å². The summed E-state index contributed by atoms with van der Waals surface area (Å²) in [5, 5.41) is 0.787. The topological polar surface area (TPSA) is 12.5 Å². The van der Waals surface area contributed by atoms with Gasteiger partial charge in [0.05, 0.1) is 5.54 Å². The Hall–Kier alpha value is -2.29. The summed E-state index contributed by atoms with van der Waals surface area (Å²) in [6.07, 6.45) is 10.8. The molecule has 0 N–H and O–H groups in total. The number of nitrogens with zero attached hydrogens (tertiary/aromatic N) is 1. The van der Waals surface area contributed by atoms with Crippen molar-refractivity contribution in [2.24, 2.45) is 0 Å². The molecule has 0 amide bonds. The first kappa shape index (κ1) is 21.0. The van der Waals surface area contributed by atoms with Gasteiger partial charge in [0.1, 0.15) is 12.4 Å². The van der Waals surface area contributed by atoms with Gasteiger partial charge in [0, 0.05) is 11.6 Å². The second-order valence-corrected chi connectivity index (χ2v) is 8.59. The number of allylic oxidation sites excluding steroid dienone is 1. The second kappa shape index (κ2) is 9.24. The third-order valence-electron chi connectivity index (χ3n) is 6.23. The zero-order valence-corrected chi connectivity index (χ0v) is 18.5. The summed E-state index contributed by atoms with van der Waals surface area (Å²) in [5.41, 5.74) is 5.61. The Labute approximate surface area is 185 Å². The number of hydrogen-bond acceptors (Lipinski definition) is 2. The quantitative estimate of drug-likeness (QED) is 0.440. The van der Waals surface area contributed by atoms with E-state index in [4.69, 9.17) is 16.3 Å². The van der Waals surface area contributed by atoms with Crippen LogP contribution in [-0.4, -0.2) is 24.6 Å². The van der Waals surface area contributed by atoms with Crippen LogP contribution in [0.25, 0.3) is 0 Å². The average Bonchev–Trinajstić information content (AvgIpc) is 3.08. The monoisotopic (exact) mass is 419 g/mol. The molecule has 0 radical (unpaired) electrons. The fraction of sp³-hybridized carbons (Fsp3) is 0.333. The molecule has 0 saturated heterocycles. The van der Waals surface area contributed by atoms with E-state index in [0.717, 1.165) is 49.5 Å². The lowest BCUT2D eigenvalue weighted by molar-refractivity contribution is 0.150. The summed E-state index contributed by atoms with van der Waals surface area (Å²) in [6, 6.07) is 17.1. The Morgan fingerprint density at radius 2 is 1.90 bits per heavy atom. The highest BCUT2D eigenvalue weighted by atomic mass is 35.5. The maximum Gasteiger partial charge on any atom is 0.119 e. The normalized spacial score (nSPS) is 21.0. The van der Waals surface area contributed by atoms with Gasteiger partial charge >= 0.3 is 0 Å². The summed E-state index contributed by atoms with van der Waals surface area (Å²) < 4.78 is 5.69. The predicted octanol–water partition coefficient (Wildman–Crippen LogP) is 6.72. The van der Waals surface area contributed by atoms with Crippen molar-refractivity contribution in [2.45, 2.75) is 38.1 Å². The lowest BCUT2D eigenvalue weighted by Crippen LogP contribution is -2.46. The van der Waals surface area contributed by atoms with Crippen molar-refractivity contribution in [3.05, 3.63) is 101 Å². The fourth-order valence-electron chi connectivity index (χ4n) is 4.96. The van der Waals surface area contributed by atoms with E-state index in [0.29, 0.717) is 6.61 Å². The van der Waals surface area contributed by atoms with Crippen molar-refractivity contribution in [1.29, 1.82) is 0 Å². The Morgan fingerprint density at radius 3 is 2.60 bits per heavy atom. The SMILES string of the molecule is C=CCOc1ccc(CC2(c3ccc(Cl)cc3)C3=C(C=CCC3)CN2CCC)cc1. The highest BCUT2D eigenvalue weighted by molar-refractivity contribution is 6.30. The van der Waals surface area contributed by atoms with Crippen molar-refractivity contribution in [1.82, 2.24) is 4.90 Å². The van der Waals surface area contributed by atoms with Gasteiger partial charge in [-0.1, -0.05) is 67.6 Å². The van der Waals surface area contributed by atoms with Gasteiger partial charge in [0.15, 0.2) is 0 Å². The minimum Gasteiger partial charge on any atom is -0.490 e. The number of rotatable bonds is 8. The van der Waals surface area contributed by atoms with E-state index in [1.165, 1.54) is 16.7 Å². The predicted molar refractivity (Wildman–Crippen MR) is 126 cm³/mol. The molecule has 1 atom stereocenters. The molecule has 1 unspecified atom stereocenters. The smallest absolute Gasteiger partial charge is 0.119 e. The summed E-state index contributed by atoms with van der Waals surface area (Å²) in [4.78, 5) is 2.68. The van der Waals surface area contributed by atoms with Crippen LogP contribution in [0.3, 0.4) is 0 Å². The summed E-state index contributed by atoms with van der Waals surface area (Å²) >= 11 is 6.26. The van der Waals surface area contributed by atoms with Gasteiger partial charge in [-0.2, -0.15) is 0 Å². The van der Waals surface area contributed by atoms with Crippen molar-refractivity contribution in [3.63, 3.8) is 0 Å². The third kappa shape index (κ3) is 3.99. The van der Waals surface area contributed by atoms with Crippen LogP contribution in [0.4, 0.5) is 0 Å². The first-order valence-electron chi connectivity index (χ1n) is 10.9. The molecule has 4 rings (SSSR count). The van der Waals surface area contributed by atoms with Crippen molar-refractivity contribution < 1.29 is 4.74 Å². The van der Waals surface area contributed by atoms with Gasteiger partial charge in [-0.25, -0.2) is 0 Å². The van der Waals surface area contributed by atoms with Crippen LogP contribution in [-0.2, 0) is 12.0 Å². The molecular weight excluding hydrogens is 390 g/mol. The van der Waals surface area contributed by atoms with Crippen molar-refractivity contribution >= 4 is 11.6 Å². The number of ether oxygens (including phenoxy) is 1. The van der Waals surface area contributed by atoms with Crippen LogP contribution < -0.4 is 4.74 Å². The van der Waals surface area contributed by atoms with Gasteiger partial charge < -0.3 is 4.74 Å². The van der Waals surface area contributed by atoms with Crippen LogP contribution >= 0.6 is 11.6 Å². The summed E-state index contributed by atoms with van der Waals surface area (Å²) in [7, 11) is 0. The third-order valence-corrected chi connectivity index (χ3v) is 6.49. The molecule has 1 heterocycles. The van der Waals surface area contributed by atoms with E-state index < -0.39 is 0 Å². The maximum absolute atomic E-state index is 6.26. The van der Waals surface area contributed by atoms with Crippen LogP contribution in [0.2, 0.25) is 5.02 Å². The zero-order valence-electron chi connectivity index (χ0n) is 17.7. The van der Waals surface area contributed by atoms with Crippen LogP contribution in [0.1, 0.15) is 37.3 Å². The fourth-order valence-corrected chi connectivity index (χ4v) is 5.09. The molecular formula is C27H30ClNO. The molecule has 0 spiro atoms.